The standard InChI is InChI=1S/C22H17Br2N3O2S/c1-13-10-14(6-7-15(13)23)25-21(28)12-27-18-5-3-2-4-16(18)26-17(11-22(27)29)19-8-9-20(24)30-19/h2-10H,11-12H2,1H3,(H,25,28). The monoisotopic (exact) mass is 545 g/mol. The first-order valence-corrected chi connectivity index (χ1v) is 11.6. The average molecular weight is 547 g/mol. The minimum absolute atomic E-state index is 0.0815. The van der Waals surface area contributed by atoms with Crippen LogP contribution in [0, 0.1) is 6.92 Å². The zero-order valence-corrected chi connectivity index (χ0v) is 20.0. The Bertz CT molecular complexity index is 1170. The second-order valence-corrected chi connectivity index (χ2v) is 10.1. The minimum atomic E-state index is -0.262. The van der Waals surface area contributed by atoms with Crippen molar-refractivity contribution in [2.75, 3.05) is 16.8 Å². The van der Waals surface area contributed by atoms with Gasteiger partial charge in [0.05, 0.1) is 32.2 Å². The van der Waals surface area contributed by atoms with Crippen LogP contribution in [0.4, 0.5) is 17.1 Å². The lowest BCUT2D eigenvalue weighted by Gasteiger charge is -2.22. The Morgan fingerprint density at radius 2 is 1.97 bits per heavy atom. The van der Waals surface area contributed by atoms with E-state index in [0.717, 1.165) is 18.7 Å². The van der Waals surface area contributed by atoms with Gasteiger partial charge in [0.1, 0.15) is 6.54 Å². The van der Waals surface area contributed by atoms with Gasteiger partial charge in [0, 0.05) is 10.2 Å². The summed E-state index contributed by atoms with van der Waals surface area (Å²) in [7, 11) is 0. The summed E-state index contributed by atoms with van der Waals surface area (Å²) in [5.74, 6) is -0.424. The number of benzene rings is 2. The number of hydrogen-bond donors (Lipinski definition) is 1. The maximum Gasteiger partial charge on any atom is 0.244 e. The second-order valence-electron chi connectivity index (χ2n) is 6.82. The Hall–Kier alpha value is -2.29. The molecule has 5 nitrogen and oxygen atoms in total. The van der Waals surface area contributed by atoms with Gasteiger partial charge in [-0.3, -0.25) is 9.59 Å². The van der Waals surface area contributed by atoms with E-state index < -0.39 is 0 Å². The molecule has 1 N–H and O–H groups in total. The summed E-state index contributed by atoms with van der Waals surface area (Å²) in [6.07, 6.45) is 0.131. The molecule has 0 spiro atoms. The fraction of sp³-hybridized carbons (Fsp3) is 0.136. The number of anilines is 2. The van der Waals surface area contributed by atoms with Crippen LogP contribution in [0.15, 0.2) is 67.8 Å². The van der Waals surface area contributed by atoms with Gasteiger partial charge in [0.25, 0.3) is 0 Å². The van der Waals surface area contributed by atoms with E-state index in [2.05, 4.69) is 37.2 Å². The van der Waals surface area contributed by atoms with Crippen molar-refractivity contribution in [3.05, 3.63) is 73.3 Å². The summed E-state index contributed by atoms with van der Waals surface area (Å²) >= 11 is 8.45. The number of nitrogens with zero attached hydrogens (tertiary/aromatic N) is 2. The van der Waals surface area contributed by atoms with Crippen molar-refractivity contribution in [1.82, 2.24) is 0 Å². The Morgan fingerprint density at radius 3 is 2.70 bits per heavy atom. The Labute approximate surface area is 195 Å². The van der Waals surface area contributed by atoms with Gasteiger partial charge in [0.15, 0.2) is 0 Å². The molecule has 2 amide bonds. The number of fused-ring (bicyclic) bond motifs is 1. The largest absolute Gasteiger partial charge is 0.325 e. The predicted molar refractivity (Wildman–Crippen MR) is 129 cm³/mol. The molecule has 0 unspecified atom stereocenters. The molecule has 0 aliphatic carbocycles. The first-order valence-electron chi connectivity index (χ1n) is 9.19. The Balaban J connectivity index is 1.59. The zero-order chi connectivity index (χ0) is 21.3. The molecule has 30 heavy (non-hydrogen) atoms. The van der Waals surface area contributed by atoms with Crippen LogP contribution in [0.25, 0.3) is 0 Å². The summed E-state index contributed by atoms with van der Waals surface area (Å²) in [5.41, 5.74) is 3.72. The van der Waals surface area contributed by atoms with Crippen LogP contribution in [0.5, 0.6) is 0 Å². The van der Waals surface area contributed by atoms with Crippen molar-refractivity contribution in [3.8, 4) is 0 Å². The predicted octanol–water partition coefficient (Wildman–Crippen LogP) is 6.08. The van der Waals surface area contributed by atoms with Gasteiger partial charge in [-0.15, -0.1) is 11.3 Å². The van der Waals surface area contributed by atoms with Crippen molar-refractivity contribution in [2.24, 2.45) is 4.99 Å². The molecule has 0 saturated carbocycles. The Kier molecular flexibility index (Phi) is 6.17. The molecule has 152 valence electrons. The van der Waals surface area contributed by atoms with E-state index in [1.54, 1.807) is 0 Å². The highest BCUT2D eigenvalue weighted by atomic mass is 79.9. The number of aliphatic imine (C=N–C) groups is 1. The molecule has 0 fully saturated rings. The van der Waals surface area contributed by atoms with E-state index in [9.17, 15) is 9.59 Å². The van der Waals surface area contributed by atoms with E-state index in [4.69, 9.17) is 4.99 Å². The third-order valence-electron chi connectivity index (χ3n) is 4.65. The minimum Gasteiger partial charge on any atom is -0.325 e. The van der Waals surface area contributed by atoms with Gasteiger partial charge in [0.2, 0.25) is 11.8 Å². The summed E-state index contributed by atoms with van der Waals surface area (Å²) in [6, 6.07) is 16.9. The molecule has 1 aromatic heterocycles. The molecule has 4 rings (SSSR count). The SMILES string of the molecule is Cc1cc(NC(=O)CN2C(=O)CC(c3ccc(Br)s3)=Nc3ccccc32)ccc1Br. The number of amides is 2. The Morgan fingerprint density at radius 1 is 1.17 bits per heavy atom. The molecule has 0 radical (unpaired) electrons. The number of nitrogens with one attached hydrogen (secondary N) is 1. The van der Waals surface area contributed by atoms with Crippen molar-refractivity contribution in [1.29, 1.82) is 0 Å². The summed E-state index contributed by atoms with van der Waals surface area (Å²) in [6.45, 7) is 1.87. The third kappa shape index (κ3) is 4.55. The summed E-state index contributed by atoms with van der Waals surface area (Å²) < 4.78 is 1.95. The van der Waals surface area contributed by atoms with Crippen LogP contribution in [0.1, 0.15) is 16.9 Å². The van der Waals surface area contributed by atoms with Crippen LogP contribution in [0.2, 0.25) is 0 Å². The van der Waals surface area contributed by atoms with Crippen LogP contribution in [-0.2, 0) is 9.59 Å². The van der Waals surface area contributed by atoms with E-state index in [1.807, 2.05) is 61.5 Å². The highest BCUT2D eigenvalue weighted by molar-refractivity contribution is 9.11. The number of rotatable bonds is 4. The molecule has 3 aromatic rings. The number of thiophene rings is 1. The van der Waals surface area contributed by atoms with E-state index in [1.165, 1.54) is 16.2 Å². The van der Waals surface area contributed by atoms with Crippen LogP contribution in [0.3, 0.4) is 0 Å². The molecular formula is C22H17Br2N3O2S. The first kappa shape index (κ1) is 21.0. The van der Waals surface area contributed by atoms with Crippen molar-refractivity contribution in [3.63, 3.8) is 0 Å². The average Bonchev–Trinajstić information content (AvgIpc) is 3.09. The first-order chi connectivity index (χ1) is 14.4. The molecule has 0 bridgehead atoms. The highest BCUT2D eigenvalue weighted by Crippen LogP contribution is 2.34. The van der Waals surface area contributed by atoms with Gasteiger partial charge >= 0.3 is 0 Å². The highest BCUT2D eigenvalue weighted by Gasteiger charge is 2.27. The maximum atomic E-state index is 13.1. The van der Waals surface area contributed by atoms with Gasteiger partial charge in [-0.05, 0) is 70.9 Å². The van der Waals surface area contributed by atoms with Gasteiger partial charge in [-0.25, -0.2) is 4.99 Å². The number of carbonyl (C=O) groups is 2. The van der Waals surface area contributed by atoms with Gasteiger partial charge < -0.3 is 10.2 Å². The normalized spacial score (nSPS) is 13.5. The third-order valence-corrected chi connectivity index (χ3v) is 7.21. The summed E-state index contributed by atoms with van der Waals surface area (Å²) in [4.78, 5) is 33.0. The molecule has 1 aliphatic heterocycles. The lowest BCUT2D eigenvalue weighted by atomic mass is 10.2. The second kappa shape index (κ2) is 8.83. The molecule has 1 aliphatic rings. The van der Waals surface area contributed by atoms with Gasteiger partial charge in [-0.2, -0.15) is 0 Å². The van der Waals surface area contributed by atoms with E-state index in [-0.39, 0.29) is 24.8 Å². The molecule has 0 atom stereocenters. The van der Waals surface area contributed by atoms with Crippen molar-refractivity contribution >= 4 is 77.8 Å². The van der Waals surface area contributed by atoms with E-state index in [0.29, 0.717) is 22.8 Å². The van der Waals surface area contributed by atoms with Crippen LogP contribution < -0.4 is 10.2 Å². The fourth-order valence-electron chi connectivity index (χ4n) is 3.20. The van der Waals surface area contributed by atoms with Crippen LogP contribution >= 0.6 is 43.2 Å². The number of hydrogen-bond acceptors (Lipinski definition) is 4. The van der Waals surface area contributed by atoms with Gasteiger partial charge in [-0.1, -0.05) is 28.1 Å². The number of halogens is 2. The van der Waals surface area contributed by atoms with Crippen molar-refractivity contribution in [2.45, 2.75) is 13.3 Å². The topological polar surface area (TPSA) is 61.8 Å². The quantitative estimate of drug-likeness (QED) is 0.431. The molecule has 2 aromatic carbocycles. The molecule has 8 heteroatoms. The van der Waals surface area contributed by atoms with Crippen molar-refractivity contribution < 1.29 is 9.59 Å². The smallest absolute Gasteiger partial charge is 0.244 e. The number of aryl methyl sites for hydroxylation is 1. The maximum absolute atomic E-state index is 13.1. The molecule has 0 saturated heterocycles. The fourth-order valence-corrected chi connectivity index (χ4v) is 4.82. The molecular weight excluding hydrogens is 530 g/mol. The molecule has 2 heterocycles. The lowest BCUT2D eigenvalue weighted by molar-refractivity contribution is -0.120. The summed E-state index contributed by atoms with van der Waals surface area (Å²) in [5, 5.41) is 2.88. The zero-order valence-electron chi connectivity index (χ0n) is 16.0. The lowest BCUT2D eigenvalue weighted by Crippen LogP contribution is -2.38. The van der Waals surface area contributed by atoms with E-state index >= 15 is 0 Å². The van der Waals surface area contributed by atoms with Crippen LogP contribution in [-0.4, -0.2) is 24.1 Å². The number of para-hydroxylation sites is 2. The number of carbonyl (C=O) groups excluding carboxylic acids is 2.